The van der Waals surface area contributed by atoms with E-state index in [1.54, 1.807) is 14.2 Å². The van der Waals surface area contributed by atoms with Gasteiger partial charge < -0.3 is 14.4 Å². The van der Waals surface area contributed by atoms with Crippen molar-refractivity contribution in [3.8, 4) is 11.5 Å². The maximum Gasteiger partial charge on any atom is 0.325 e. The summed E-state index contributed by atoms with van der Waals surface area (Å²) in [6.45, 7) is 0.783. The standard InChI is InChI=1S/C19H26N2O3/c1-23-15-8-9-16(17(12-15)24-2)20-13-19(10-4-3-5-11-19)21(18(20)22)14-6-7-14/h8-9,12,14H,3-7,10-11,13H2,1-2H3. The van der Waals surface area contributed by atoms with Crippen molar-refractivity contribution in [1.82, 2.24) is 4.90 Å². The third kappa shape index (κ3) is 2.41. The molecule has 2 saturated carbocycles. The van der Waals surface area contributed by atoms with E-state index < -0.39 is 0 Å². The fourth-order valence-electron chi connectivity index (χ4n) is 4.45. The summed E-state index contributed by atoms with van der Waals surface area (Å²) in [5.74, 6) is 1.44. The zero-order valence-electron chi connectivity index (χ0n) is 14.6. The molecule has 1 heterocycles. The van der Waals surface area contributed by atoms with Gasteiger partial charge in [0.05, 0.1) is 32.0 Å². The maximum atomic E-state index is 13.2. The topological polar surface area (TPSA) is 42.0 Å². The molecule has 1 aromatic rings. The van der Waals surface area contributed by atoms with E-state index in [4.69, 9.17) is 9.47 Å². The molecule has 3 fully saturated rings. The van der Waals surface area contributed by atoms with Crippen LogP contribution in [0.1, 0.15) is 44.9 Å². The number of anilines is 1. The highest BCUT2D eigenvalue weighted by Gasteiger charge is 2.55. The largest absolute Gasteiger partial charge is 0.497 e. The second-order valence-electron chi connectivity index (χ2n) is 7.29. The third-order valence-electron chi connectivity index (χ3n) is 5.77. The van der Waals surface area contributed by atoms with Gasteiger partial charge in [0.25, 0.3) is 0 Å². The predicted octanol–water partition coefficient (Wildman–Crippen LogP) is 3.81. The van der Waals surface area contributed by atoms with Crippen LogP contribution in [0.4, 0.5) is 10.5 Å². The summed E-state index contributed by atoms with van der Waals surface area (Å²) >= 11 is 0. The predicted molar refractivity (Wildman–Crippen MR) is 93.0 cm³/mol. The Kier molecular flexibility index (Phi) is 3.82. The Bertz CT molecular complexity index is 635. The Morgan fingerprint density at radius 3 is 2.46 bits per heavy atom. The zero-order chi connectivity index (χ0) is 16.7. The molecule has 130 valence electrons. The lowest BCUT2D eigenvalue weighted by molar-refractivity contribution is 0.113. The minimum Gasteiger partial charge on any atom is -0.497 e. The number of benzene rings is 1. The number of rotatable bonds is 4. The van der Waals surface area contributed by atoms with Crippen molar-refractivity contribution in [3.63, 3.8) is 0 Å². The number of carbonyl (C=O) groups is 1. The number of ether oxygens (including phenoxy) is 2. The molecule has 1 spiro atoms. The first kappa shape index (κ1) is 15.6. The van der Waals surface area contributed by atoms with Crippen molar-refractivity contribution in [2.75, 3.05) is 25.7 Å². The summed E-state index contributed by atoms with van der Waals surface area (Å²) in [6, 6.07) is 6.31. The minimum absolute atomic E-state index is 0.0292. The molecule has 5 heteroatoms. The molecule has 0 aromatic heterocycles. The van der Waals surface area contributed by atoms with Gasteiger partial charge in [-0.25, -0.2) is 4.79 Å². The molecule has 4 rings (SSSR count). The van der Waals surface area contributed by atoms with Crippen LogP contribution in [0.25, 0.3) is 0 Å². The first-order valence-corrected chi connectivity index (χ1v) is 9.01. The molecule has 3 aliphatic rings. The molecule has 1 saturated heterocycles. The number of carbonyl (C=O) groups excluding carboxylic acids is 1. The molecule has 1 aliphatic heterocycles. The van der Waals surface area contributed by atoms with E-state index >= 15 is 0 Å². The van der Waals surface area contributed by atoms with E-state index in [0.717, 1.165) is 43.7 Å². The second-order valence-corrected chi connectivity index (χ2v) is 7.29. The summed E-state index contributed by atoms with van der Waals surface area (Å²) in [6.07, 6.45) is 8.31. The molecule has 24 heavy (non-hydrogen) atoms. The van der Waals surface area contributed by atoms with E-state index in [9.17, 15) is 4.79 Å². The Morgan fingerprint density at radius 1 is 1.08 bits per heavy atom. The fraction of sp³-hybridized carbons (Fsp3) is 0.632. The summed E-state index contributed by atoms with van der Waals surface area (Å²) in [5, 5.41) is 0. The van der Waals surface area contributed by atoms with Crippen molar-refractivity contribution in [2.45, 2.75) is 56.5 Å². The fourth-order valence-corrected chi connectivity index (χ4v) is 4.45. The highest BCUT2D eigenvalue weighted by molar-refractivity contribution is 5.97. The average Bonchev–Trinajstić information content (AvgIpc) is 3.41. The van der Waals surface area contributed by atoms with Crippen LogP contribution in [-0.2, 0) is 0 Å². The minimum atomic E-state index is 0.0292. The summed E-state index contributed by atoms with van der Waals surface area (Å²) in [7, 11) is 3.29. The van der Waals surface area contributed by atoms with Crippen molar-refractivity contribution in [2.24, 2.45) is 0 Å². The van der Waals surface area contributed by atoms with Crippen molar-refractivity contribution in [1.29, 1.82) is 0 Å². The molecule has 5 nitrogen and oxygen atoms in total. The number of methoxy groups -OCH3 is 2. The van der Waals surface area contributed by atoms with Crippen molar-refractivity contribution in [3.05, 3.63) is 18.2 Å². The van der Waals surface area contributed by atoms with E-state index in [1.165, 1.54) is 19.3 Å². The van der Waals surface area contributed by atoms with Crippen molar-refractivity contribution >= 4 is 11.7 Å². The molecule has 0 N–H and O–H groups in total. The first-order chi connectivity index (χ1) is 11.7. The quantitative estimate of drug-likeness (QED) is 0.843. The van der Waals surface area contributed by atoms with Crippen LogP contribution in [0.15, 0.2) is 18.2 Å². The smallest absolute Gasteiger partial charge is 0.325 e. The number of hydrogen-bond acceptors (Lipinski definition) is 3. The van der Waals surface area contributed by atoms with Gasteiger partial charge in [-0.3, -0.25) is 4.90 Å². The molecule has 2 aliphatic carbocycles. The molecular weight excluding hydrogens is 304 g/mol. The van der Waals surface area contributed by atoms with Gasteiger partial charge in [0, 0.05) is 12.1 Å². The average molecular weight is 330 g/mol. The van der Waals surface area contributed by atoms with E-state index in [-0.39, 0.29) is 11.6 Å². The van der Waals surface area contributed by atoms with Crippen LogP contribution in [0, 0.1) is 0 Å². The normalized spacial score (nSPS) is 23.0. The van der Waals surface area contributed by atoms with E-state index in [0.29, 0.717) is 11.8 Å². The third-order valence-corrected chi connectivity index (χ3v) is 5.77. The van der Waals surface area contributed by atoms with Crippen LogP contribution in [-0.4, -0.2) is 43.3 Å². The van der Waals surface area contributed by atoms with Gasteiger partial charge in [-0.05, 0) is 37.8 Å². The molecule has 0 unspecified atom stereocenters. The number of nitrogens with zero attached hydrogens (tertiary/aromatic N) is 2. The Hall–Kier alpha value is -1.91. The van der Waals surface area contributed by atoms with Gasteiger partial charge in [-0.2, -0.15) is 0 Å². The van der Waals surface area contributed by atoms with Gasteiger partial charge in [0.2, 0.25) is 0 Å². The molecule has 2 amide bonds. The Labute approximate surface area is 143 Å². The summed E-state index contributed by atoms with van der Waals surface area (Å²) in [4.78, 5) is 17.4. The lowest BCUT2D eigenvalue weighted by atomic mass is 9.81. The number of urea groups is 1. The molecule has 1 aromatic carbocycles. The molecular formula is C19H26N2O3. The monoisotopic (exact) mass is 330 g/mol. The maximum absolute atomic E-state index is 13.2. The lowest BCUT2D eigenvalue weighted by Gasteiger charge is -2.40. The highest BCUT2D eigenvalue weighted by Crippen LogP contribution is 2.48. The number of amides is 2. The summed E-state index contributed by atoms with van der Waals surface area (Å²) in [5.41, 5.74) is 0.887. The zero-order valence-corrected chi connectivity index (χ0v) is 14.6. The van der Waals surface area contributed by atoms with Gasteiger partial charge in [0.1, 0.15) is 11.5 Å². The van der Waals surface area contributed by atoms with Crippen LogP contribution in [0.5, 0.6) is 11.5 Å². The second kappa shape index (κ2) is 5.87. The molecule has 0 radical (unpaired) electrons. The molecule has 0 bridgehead atoms. The van der Waals surface area contributed by atoms with Crippen LogP contribution >= 0.6 is 0 Å². The lowest BCUT2D eigenvalue weighted by Crippen LogP contribution is -2.49. The van der Waals surface area contributed by atoms with Crippen molar-refractivity contribution < 1.29 is 14.3 Å². The Morgan fingerprint density at radius 2 is 1.83 bits per heavy atom. The van der Waals surface area contributed by atoms with E-state index in [1.807, 2.05) is 23.1 Å². The number of hydrogen-bond donors (Lipinski definition) is 0. The highest BCUT2D eigenvalue weighted by atomic mass is 16.5. The Balaban J connectivity index is 1.70. The first-order valence-electron chi connectivity index (χ1n) is 9.01. The van der Waals surface area contributed by atoms with Gasteiger partial charge >= 0.3 is 6.03 Å². The van der Waals surface area contributed by atoms with E-state index in [2.05, 4.69) is 4.90 Å². The van der Waals surface area contributed by atoms with Gasteiger partial charge in [-0.1, -0.05) is 19.3 Å². The van der Waals surface area contributed by atoms with Crippen LogP contribution in [0.2, 0.25) is 0 Å². The van der Waals surface area contributed by atoms with Crippen LogP contribution in [0.3, 0.4) is 0 Å². The van der Waals surface area contributed by atoms with Crippen LogP contribution < -0.4 is 14.4 Å². The van der Waals surface area contributed by atoms with Gasteiger partial charge in [0.15, 0.2) is 0 Å². The molecule has 0 atom stereocenters. The SMILES string of the molecule is COc1ccc(N2CC3(CCCCC3)N(C3CC3)C2=O)c(OC)c1. The van der Waals surface area contributed by atoms with Gasteiger partial charge in [-0.15, -0.1) is 0 Å². The summed E-state index contributed by atoms with van der Waals surface area (Å²) < 4.78 is 10.8.